The summed E-state index contributed by atoms with van der Waals surface area (Å²) in [6.07, 6.45) is -14.0. The number of aromatic carboxylic acids is 1. The number of carbonyl (C=O) groups is 1. The average Bonchev–Trinajstić information content (AvgIpc) is 3.59. The van der Waals surface area contributed by atoms with Gasteiger partial charge in [0.15, 0.2) is 0 Å². The van der Waals surface area contributed by atoms with Gasteiger partial charge in [0, 0.05) is 36.1 Å². The van der Waals surface area contributed by atoms with Gasteiger partial charge in [-0.25, -0.2) is 4.79 Å². The molecule has 2 aromatic heterocycles. The lowest BCUT2D eigenvalue weighted by Gasteiger charge is -2.30. The third kappa shape index (κ3) is 7.85. The number of carboxylic acid groups (broad SMARTS) is 1. The quantitative estimate of drug-likeness (QED) is 0.186. The van der Waals surface area contributed by atoms with Crippen molar-refractivity contribution < 1.29 is 49.4 Å². The lowest BCUT2D eigenvalue weighted by Crippen LogP contribution is -2.30. The standard InChI is InChI=1S/C30H27F9N6O2S/c1-16-8-22-18(4-3-7-44(24(22)12-23(16)30(37,38)39)15-21-5-6-25(48-21)26(46)47)14-45(27-40-42-43(2)41-27)13-17-9-19(28(31,32)33)11-20(10-17)29(34,35)36/h5-6,8-12,18H,3-4,7,13-15H2,1-2H3,(H,46,47)/t18-/m1/s1. The molecule has 8 nitrogen and oxygen atoms in total. The minimum atomic E-state index is -5.07. The molecule has 5 rings (SSSR count). The second-order valence-electron chi connectivity index (χ2n) is 11.4. The van der Waals surface area contributed by atoms with Gasteiger partial charge in [-0.1, -0.05) is 11.2 Å². The Kier molecular flexibility index (Phi) is 9.42. The van der Waals surface area contributed by atoms with Crippen LogP contribution in [0.3, 0.4) is 0 Å². The second kappa shape index (κ2) is 12.9. The molecule has 0 saturated carbocycles. The number of hydrogen-bond acceptors (Lipinski definition) is 7. The van der Waals surface area contributed by atoms with E-state index in [1.165, 1.54) is 31.0 Å². The van der Waals surface area contributed by atoms with Crippen molar-refractivity contribution in [2.45, 2.75) is 57.3 Å². The minimum absolute atomic E-state index is 0.0264. The number of carboxylic acids is 1. The molecule has 3 heterocycles. The average molecular weight is 707 g/mol. The van der Waals surface area contributed by atoms with Crippen molar-refractivity contribution in [3.8, 4) is 0 Å². The fraction of sp³-hybridized carbons (Fsp3) is 0.400. The molecule has 0 saturated heterocycles. The maximum atomic E-state index is 14.1. The fourth-order valence-electron chi connectivity index (χ4n) is 5.76. The van der Waals surface area contributed by atoms with Crippen LogP contribution in [0.25, 0.3) is 0 Å². The first kappa shape index (κ1) is 35.0. The van der Waals surface area contributed by atoms with E-state index in [0.29, 0.717) is 35.4 Å². The molecular formula is C30H27F9N6O2S. The Morgan fingerprint density at radius 1 is 0.979 bits per heavy atom. The molecule has 0 bridgehead atoms. The third-order valence-electron chi connectivity index (χ3n) is 7.90. The molecule has 1 atom stereocenters. The van der Waals surface area contributed by atoms with Crippen molar-refractivity contribution in [2.75, 3.05) is 22.9 Å². The Morgan fingerprint density at radius 3 is 2.19 bits per heavy atom. The van der Waals surface area contributed by atoms with Gasteiger partial charge in [0.2, 0.25) is 0 Å². The van der Waals surface area contributed by atoms with Gasteiger partial charge in [0.25, 0.3) is 5.95 Å². The van der Waals surface area contributed by atoms with Crippen LogP contribution < -0.4 is 9.80 Å². The Labute approximate surface area is 271 Å². The summed E-state index contributed by atoms with van der Waals surface area (Å²) in [4.78, 5) is 16.2. The van der Waals surface area contributed by atoms with Crippen molar-refractivity contribution in [3.63, 3.8) is 0 Å². The van der Waals surface area contributed by atoms with E-state index >= 15 is 0 Å². The number of aryl methyl sites for hydroxylation is 2. The predicted molar refractivity (Wildman–Crippen MR) is 157 cm³/mol. The molecule has 1 aliphatic heterocycles. The van der Waals surface area contributed by atoms with Crippen molar-refractivity contribution in [3.05, 3.63) is 85.6 Å². The Hall–Kier alpha value is -4.35. The van der Waals surface area contributed by atoms with Gasteiger partial charge in [-0.15, -0.1) is 16.4 Å². The Balaban J connectivity index is 1.57. The highest BCUT2D eigenvalue weighted by Crippen LogP contribution is 2.43. The summed E-state index contributed by atoms with van der Waals surface area (Å²) in [5.41, 5.74) is -3.58. The lowest BCUT2D eigenvalue weighted by molar-refractivity contribution is -0.143. The number of benzene rings is 2. The zero-order valence-corrected chi connectivity index (χ0v) is 26.0. The number of rotatable bonds is 8. The molecule has 1 N–H and O–H groups in total. The summed E-state index contributed by atoms with van der Waals surface area (Å²) >= 11 is 0.989. The van der Waals surface area contributed by atoms with Crippen molar-refractivity contribution in [2.24, 2.45) is 7.05 Å². The molecule has 0 spiro atoms. The zero-order valence-electron chi connectivity index (χ0n) is 25.2. The van der Waals surface area contributed by atoms with E-state index in [-0.39, 0.29) is 53.3 Å². The first-order chi connectivity index (χ1) is 22.3. The van der Waals surface area contributed by atoms with Crippen LogP contribution in [0, 0.1) is 6.92 Å². The van der Waals surface area contributed by atoms with E-state index in [4.69, 9.17) is 0 Å². The van der Waals surface area contributed by atoms with Crippen molar-refractivity contribution >= 4 is 28.9 Å². The van der Waals surface area contributed by atoms with E-state index in [1.807, 2.05) is 0 Å². The van der Waals surface area contributed by atoms with Crippen LogP contribution in [0.4, 0.5) is 51.1 Å². The van der Waals surface area contributed by atoms with Crippen LogP contribution in [-0.2, 0) is 38.7 Å². The van der Waals surface area contributed by atoms with Crippen LogP contribution >= 0.6 is 11.3 Å². The highest BCUT2D eigenvalue weighted by Gasteiger charge is 2.38. The summed E-state index contributed by atoms with van der Waals surface area (Å²) in [6, 6.07) is 6.65. The minimum Gasteiger partial charge on any atom is -0.477 e. The first-order valence-corrected chi connectivity index (χ1v) is 15.2. The van der Waals surface area contributed by atoms with Crippen LogP contribution in [0.1, 0.15) is 66.7 Å². The maximum Gasteiger partial charge on any atom is 0.416 e. The number of aromatic nitrogens is 4. The van der Waals surface area contributed by atoms with Crippen LogP contribution in [0.15, 0.2) is 42.5 Å². The zero-order chi connectivity index (χ0) is 35.2. The van der Waals surface area contributed by atoms with E-state index in [9.17, 15) is 49.4 Å². The van der Waals surface area contributed by atoms with Crippen LogP contribution in [-0.4, -0.2) is 44.4 Å². The molecule has 0 radical (unpaired) electrons. The number of tetrazole rings is 1. The third-order valence-corrected chi connectivity index (χ3v) is 8.96. The van der Waals surface area contributed by atoms with Crippen molar-refractivity contribution in [1.82, 2.24) is 20.2 Å². The van der Waals surface area contributed by atoms with E-state index in [2.05, 4.69) is 15.4 Å². The van der Waals surface area contributed by atoms with Gasteiger partial charge in [-0.3, -0.25) is 0 Å². The normalized spacial score (nSPS) is 15.7. The van der Waals surface area contributed by atoms with Gasteiger partial charge in [0.05, 0.1) is 30.3 Å². The number of alkyl halides is 9. The molecule has 0 fully saturated rings. The molecule has 0 unspecified atom stereocenters. The number of anilines is 2. The monoisotopic (exact) mass is 706 g/mol. The molecule has 2 aromatic carbocycles. The first-order valence-electron chi connectivity index (χ1n) is 14.4. The second-order valence-corrected chi connectivity index (χ2v) is 12.6. The van der Waals surface area contributed by atoms with Gasteiger partial charge < -0.3 is 14.9 Å². The molecule has 258 valence electrons. The number of halogens is 9. The fourth-order valence-corrected chi connectivity index (χ4v) is 6.63. The number of thiophene rings is 1. The molecular weight excluding hydrogens is 679 g/mol. The lowest BCUT2D eigenvalue weighted by atomic mass is 9.90. The van der Waals surface area contributed by atoms with Gasteiger partial charge in [0.1, 0.15) is 4.88 Å². The highest BCUT2D eigenvalue weighted by atomic mass is 32.1. The topological polar surface area (TPSA) is 87.4 Å². The summed E-state index contributed by atoms with van der Waals surface area (Å²) in [5.74, 6) is -1.81. The SMILES string of the molecule is Cc1cc2c(cc1C(F)(F)F)N(Cc1ccc(C(=O)O)s1)CCC[C@@H]2CN(Cc1cc(C(F)(F)F)cc(C(F)(F)F)c1)c1nnn(C)n1. The summed E-state index contributed by atoms with van der Waals surface area (Å²) in [7, 11) is 1.42. The summed E-state index contributed by atoms with van der Waals surface area (Å²) in [5, 5.41) is 21.1. The van der Waals surface area contributed by atoms with Crippen LogP contribution in [0.5, 0.6) is 0 Å². The maximum absolute atomic E-state index is 14.1. The summed E-state index contributed by atoms with van der Waals surface area (Å²) < 4.78 is 124. The number of hydrogen-bond donors (Lipinski definition) is 1. The molecule has 4 aromatic rings. The van der Waals surface area contributed by atoms with Gasteiger partial charge in [-0.2, -0.15) is 44.3 Å². The molecule has 18 heteroatoms. The van der Waals surface area contributed by atoms with Crippen LogP contribution in [0.2, 0.25) is 0 Å². The number of nitrogens with zero attached hydrogens (tertiary/aromatic N) is 6. The Bertz CT molecular complexity index is 1770. The van der Waals surface area contributed by atoms with E-state index < -0.39 is 53.7 Å². The largest absolute Gasteiger partial charge is 0.477 e. The smallest absolute Gasteiger partial charge is 0.416 e. The highest BCUT2D eigenvalue weighted by molar-refractivity contribution is 7.13. The molecule has 0 aliphatic carbocycles. The van der Waals surface area contributed by atoms with E-state index in [0.717, 1.165) is 22.2 Å². The molecule has 48 heavy (non-hydrogen) atoms. The van der Waals surface area contributed by atoms with Gasteiger partial charge >= 0.3 is 24.5 Å². The van der Waals surface area contributed by atoms with Gasteiger partial charge in [-0.05, 0) is 78.1 Å². The van der Waals surface area contributed by atoms with E-state index in [1.54, 1.807) is 11.0 Å². The molecule has 1 aliphatic rings. The predicted octanol–water partition coefficient (Wildman–Crippen LogP) is 7.93. The van der Waals surface area contributed by atoms with Crippen molar-refractivity contribution in [1.29, 1.82) is 0 Å². The molecule has 0 amide bonds. The number of fused-ring (bicyclic) bond motifs is 1. The summed E-state index contributed by atoms with van der Waals surface area (Å²) in [6.45, 7) is 1.11. The Morgan fingerprint density at radius 2 is 1.65 bits per heavy atom.